The molecule has 0 saturated heterocycles. The lowest BCUT2D eigenvalue weighted by atomic mass is 9.94. The lowest BCUT2D eigenvalue weighted by molar-refractivity contribution is 0.0600. The zero-order chi connectivity index (χ0) is 14.7. The Morgan fingerprint density at radius 2 is 1.60 bits per heavy atom. The quantitative estimate of drug-likeness (QED) is 0.780. The fourth-order valence-corrected chi connectivity index (χ4v) is 2.23. The van der Waals surface area contributed by atoms with Gasteiger partial charge in [-0.1, -0.05) is 42.5 Å². The average molecular weight is 266 g/mol. The number of esters is 1. The van der Waals surface area contributed by atoms with Gasteiger partial charge in [-0.2, -0.15) is 0 Å². The van der Waals surface area contributed by atoms with Crippen molar-refractivity contribution in [2.45, 2.75) is 13.8 Å². The molecule has 2 aromatic rings. The van der Waals surface area contributed by atoms with E-state index in [0.717, 1.165) is 16.7 Å². The summed E-state index contributed by atoms with van der Waals surface area (Å²) in [6, 6.07) is 13.6. The maximum atomic E-state index is 11.4. The van der Waals surface area contributed by atoms with Crippen molar-refractivity contribution in [2.24, 2.45) is 0 Å². The molecule has 0 aliphatic rings. The van der Waals surface area contributed by atoms with Gasteiger partial charge in [0.1, 0.15) is 0 Å². The molecule has 0 aromatic heterocycles. The first kappa shape index (κ1) is 14.1. The Labute approximate surface area is 119 Å². The van der Waals surface area contributed by atoms with Crippen LogP contribution in [0.3, 0.4) is 0 Å². The van der Waals surface area contributed by atoms with E-state index in [0.29, 0.717) is 5.56 Å². The van der Waals surface area contributed by atoms with Crippen LogP contribution >= 0.6 is 0 Å². The first-order valence-corrected chi connectivity index (χ1v) is 6.48. The van der Waals surface area contributed by atoms with Crippen LogP contribution < -0.4 is 0 Å². The van der Waals surface area contributed by atoms with Gasteiger partial charge in [0.05, 0.1) is 12.7 Å². The van der Waals surface area contributed by atoms with E-state index >= 15 is 0 Å². The summed E-state index contributed by atoms with van der Waals surface area (Å²) in [4.78, 5) is 11.4. The molecule has 20 heavy (non-hydrogen) atoms. The van der Waals surface area contributed by atoms with Crippen LogP contribution in [0.15, 0.2) is 49.0 Å². The summed E-state index contributed by atoms with van der Waals surface area (Å²) in [6.45, 7) is 8.32. The van der Waals surface area contributed by atoms with Gasteiger partial charge in [0.25, 0.3) is 0 Å². The second-order valence-electron chi connectivity index (χ2n) is 4.87. The van der Waals surface area contributed by atoms with E-state index in [-0.39, 0.29) is 5.97 Å². The predicted octanol–water partition coefficient (Wildman–Crippen LogP) is 4.15. The molecule has 0 unspecified atom stereocenters. The highest BCUT2D eigenvalue weighted by atomic mass is 16.5. The normalized spacial score (nSPS) is 10.2. The largest absolute Gasteiger partial charge is 0.465 e. The van der Waals surface area contributed by atoms with Gasteiger partial charge in [0.2, 0.25) is 0 Å². The van der Waals surface area contributed by atoms with Gasteiger partial charge >= 0.3 is 5.97 Å². The minimum atomic E-state index is -0.325. The maximum absolute atomic E-state index is 11.4. The van der Waals surface area contributed by atoms with Gasteiger partial charge in [-0.3, -0.25) is 0 Å². The van der Waals surface area contributed by atoms with E-state index in [1.54, 1.807) is 12.1 Å². The van der Waals surface area contributed by atoms with Crippen LogP contribution in [0.2, 0.25) is 0 Å². The van der Waals surface area contributed by atoms with E-state index in [1.165, 1.54) is 18.2 Å². The van der Waals surface area contributed by atoms with Crippen molar-refractivity contribution in [3.05, 3.63) is 76.9 Å². The number of hydrogen-bond donors (Lipinski definition) is 0. The molecule has 2 nitrogen and oxygen atoms in total. The highest BCUT2D eigenvalue weighted by molar-refractivity contribution is 5.90. The fourth-order valence-electron chi connectivity index (χ4n) is 2.23. The molecule has 102 valence electrons. The van der Waals surface area contributed by atoms with Gasteiger partial charge < -0.3 is 4.74 Å². The summed E-state index contributed by atoms with van der Waals surface area (Å²) in [5, 5.41) is 0. The molecule has 0 spiro atoms. The molecule has 2 heteroatoms. The topological polar surface area (TPSA) is 26.3 Å². The van der Waals surface area contributed by atoms with Crippen molar-refractivity contribution in [3.8, 4) is 0 Å². The lowest BCUT2D eigenvalue weighted by Gasteiger charge is -2.11. The first-order valence-electron chi connectivity index (χ1n) is 6.48. The number of hydrogen-bond acceptors (Lipinski definition) is 2. The van der Waals surface area contributed by atoms with E-state index < -0.39 is 0 Å². The predicted molar refractivity (Wildman–Crippen MR) is 81.8 cm³/mol. The molecular weight excluding hydrogens is 248 g/mol. The van der Waals surface area contributed by atoms with E-state index in [9.17, 15) is 4.79 Å². The summed E-state index contributed by atoms with van der Waals surface area (Å²) in [5.41, 5.74) is 6.07. The number of rotatable bonds is 3. The third-order valence-electron chi connectivity index (χ3n) is 3.36. The third kappa shape index (κ3) is 2.80. The summed E-state index contributed by atoms with van der Waals surface area (Å²) >= 11 is 0. The van der Waals surface area contributed by atoms with E-state index in [4.69, 9.17) is 4.74 Å². The Morgan fingerprint density at radius 3 is 2.15 bits per heavy atom. The Balaban J connectivity index is 2.31. The van der Waals surface area contributed by atoms with Crippen molar-refractivity contribution in [3.63, 3.8) is 0 Å². The van der Waals surface area contributed by atoms with Crippen molar-refractivity contribution < 1.29 is 9.53 Å². The monoisotopic (exact) mass is 266 g/mol. The van der Waals surface area contributed by atoms with Gasteiger partial charge in [0.15, 0.2) is 0 Å². The van der Waals surface area contributed by atoms with E-state index in [2.05, 4.69) is 38.6 Å². The molecule has 0 heterocycles. The molecule has 0 bridgehead atoms. The summed E-state index contributed by atoms with van der Waals surface area (Å²) in [6.07, 6.45) is 0. The minimum absolute atomic E-state index is 0.325. The summed E-state index contributed by atoms with van der Waals surface area (Å²) in [5.74, 6) is -0.325. The Bertz CT molecular complexity index is 652. The van der Waals surface area contributed by atoms with Crippen LogP contribution in [0, 0.1) is 13.8 Å². The molecule has 0 N–H and O–H groups in total. The van der Waals surface area contributed by atoms with Crippen LogP contribution in [0.4, 0.5) is 0 Å². The molecule has 0 atom stereocenters. The number of aryl methyl sites for hydroxylation is 2. The van der Waals surface area contributed by atoms with Crippen LogP contribution in [0.5, 0.6) is 0 Å². The maximum Gasteiger partial charge on any atom is 0.337 e. The molecular formula is C18H18O2. The molecule has 0 radical (unpaired) electrons. The highest BCUT2D eigenvalue weighted by Gasteiger charge is 2.08. The van der Waals surface area contributed by atoms with Gasteiger partial charge in [-0.15, -0.1) is 0 Å². The zero-order valence-corrected chi connectivity index (χ0v) is 12.1. The molecule has 2 aromatic carbocycles. The molecule has 0 saturated carbocycles. The SMILES string of the molecule is C=C(c1ccc(C(=O)OC)cc1)c1ccc(C)cc1C. The number of carbonyl (C=O) groups is 1. The molecule has 0 aliphatic heterocycles. The van der Waals surface area contributed by atoms with Crippen LogP contribution in [-0.4, -0.2) is 13.1 Å². The van der Waals surface area contributed by atoms with Crippen molar-refractivity contribution >= 4 is 11.5 Å². The smallest absolute Gasteiger partial charge is 0.337 e. The minimum Gasteiger partial charge on any atom is -0.465 e. The Hall–Kier alpha value is -2.35. The number of ether oxygens (including phenoxy) is 1. The Kier molecular flexibility index (Phi) is 4.04. The van der Waals surface area contributed by atoms with E-state index in [1.807, 2.05) is 12.1 Å². The fraction of sp³-hybridized carbons (Fsp3) is 0.167. The third-order valence-corrected chi connectivity index (χ3v) is 3.36. The first-order chi connectivity index (χ1) is 9.52. The second kappa shape index (κ2) is 5.74. The van der Waals surface area contributed by atoms with Gasteiger partial charge in [-0.05, 0) is 48.2 Å². The van der Waals surface area contributed by atoms with Crippen molar-refractivity contribution in [1.29, 1.82) is 0 Å². The highest BCUT2D eigenvalue weighted by Crippen LogP contribution is 2.25. The van der Waals surface area contributed by atoms with Gasteiger partial charge in [0, 0.05) is 0 Å². The van der Waals surface area contributed by atoms with Gasteiger partial charge in [-0.25, -0.2) is 4.79 Å². The van der Waals surface area contributed by atoms with Crippen molar-refractivity contribution in [2.75, 3.05) is 7.11 Å². The molecule has 2 rings (SSSR count). The second-order valence-corrected chi connectivity index (χ2v) is 4.87. The lowest BCUT2D eigenvalue weighted by Crippen LogP contribution is -2.01. The van der Waals surface area contributed by atoms with Crippen LogP contribution in [-0.2, 0) is 4.74 Å². The summed E-state index contributed by atoms with van der Waals surface area (Å²) in [7, 11) is 1.38. The van der Waals surface area contributed by atoms with Crippen LogP contribution in [0.1, 0.15) is 32.6 Å². The van der Waals surface area contributed by atoms with Crippen molar-refractivity contribution in [1.82, 2.24) is 0 Å². The zero-order valence-electron chi connectivity index (χ0n) is 12.1. The average Bonchev–Trinajstić information content (AvgIpc) is 2.46. The number of carbonyl (C=O) groups excluding carboxylic acids is 1. The standard InChI is InChI=1S/C18H18O2/c1-12-5-10-17(13(2)11-12)14(3)15-6-8-16(9-7-15)18(19)20-4/h5-11H,3H2,1-2,4H3. The Morgan fingerprint density at radius 1 is 1.00 bits per heavy atom. The summed E-state index contributed by atoms with van der Waals surface area (Å²) < 4.78 is 4.69. The number of methoxy groups -OCH3 is 1. The van der Waals surface area contributed by atoms with Crippen LogP contribution in [0.25, 0.3) is 5.57 Å². The number of benzene rings is 2. The molecule has 0 amide bonds. The molecule has 0 aliphatic carbocycles. The molecule has 0 fully saturated rings.